The monoisotopic (exact) mass is 506 g/mol. The Kier molecular flexibility index (Phi) is 12.6. The molecule has 1 aromatic rings. The normalized spacial score (nSPS) is 14.4. The lowest BCUT2D eigenvalue weighted by Gasteiger charge is -2.27. The molecule has 0 aliphatic heterocycles. The standard InChI is InChI=1S/C25H38N4O7/c1-14(2)12-19(25(35)36)28-23(33)18(13-16-8-6-5-7-9-16)27-24(34)21(15(3)4)29-22(32)17(26)10-11-20(30)31/h5-9,14-15,17-19,21H,10-13,26H2,1-4H3,(H,27,34)(H,28,33)(H,29,32)(H,30,31)(H,35,36). The lowest BCUT2D eigenvalue weighted by Crippen LogP contribution is -2.59. The molecule has 0 saturated heterocycles. The second kappa shape index (κ2) is 14.8. The summed E-state index contributed by atoms with van der Waals surface area (Å²) in [5, 5.41) is 26.0. The van der Waals surface area contributed by atoms with Gasteiger partial charge < -0.3 is 31.9 Å². The van der Waals surface area contributed by atoms with Gasteiger partial charge in [0.05, 0.1) is 6.04 Å². The van der Waals surface area contributed by atoms with Crippen molar-refractivity contribution in [1.82, 2.24) is 16.0 Å². The average molecular weight is 507 g/mol. The van der Waals surface area contributed by atoms with Crippen molar-refractivity contribution in [2.75, 3.05) is 0 Å². The number of hydrogen-bond acceptors (Lipinski definition) is 6. The topological polar surface area (TPSA) is 188 Å². The minimum absolute atomic E-state index is 0.0134. The molecule has 4 unspecified atom stereocenters. The molecule has 0 aromatic heterocycles. The molecule has 11 heteroatoms. The molecule has 36 heavy (non-hydrogen) atoms. The zero-order valence-electron chi connectivity index (χ0n) is 21.2. The van der Waals surface area contributed by atoms with E-state index >= 15 is 0 Å². The van der Waals surface area contributed by atoms with Crippen LogP contribution in [0.5, 0.6) is 0 Å². The summed E-state index contributed by atoms with van der Waals surface area (Å²) in [6.07, 6.45) is -0.0814. The molecule has 0 saturated carbocycles. The molecule has 0 spiro atoms. The average Bonchev–Trinajstić information content (AvgIpc) is 2.79. The van der Waals surface area contributed by atoms with Crippen molar-refractivity contribution in [2.24, 2.45) is 17.6 Å². The molecule has 1 rings (SSSR count). The van der Waals surface area contributed by atoms with Gasteiger partial charge in [-0.3, -0.25) is 19.2 Å². The highest BCUT2D eigenvalue weighted by molar-refractivity contribution is 5.94. The van der Waals surface area contributed by atoms with Gasteiger partial charge >= 0.3 is 11.9 Å². The molecule has 7 N–H and O–H groups in total. The zero-order chi connectivity index (χ0) is 27.4. The molecule has 0 radical (unpaired) electrons. The van der Waals surface area contributed by atoms with Gasteiger partial charge in [0.2, 0.25) is 17.7 Å². The van der Waals surface area contributed by atoms with Gasteiger partial charge in [-0.1, -0.05) is 58.0 Å². The van der Waals surface area contributed by atoms with Crippen molar-refractivity contribution < 1.29 is 34.2 Å². The summed E-state index contributed by atoms with van der Waals surface area (Å²) in [4.78, 5) is 61.1. The lowest BCUT2D eigenvalue weighted by molar-refractivity contribution is -0.143. The number of benzene rings is 1. The Bertz CT molecular complexity index is 905. The number of nitrogens with one attached hydrogen (secondary N) is 3. The number of carboxylic acid groups (broad SMARTS) is 2. The summed E-state index contributed by atoms with van der Waals surface area (Å²) in [7, 11) is 0. The number of nitrogens with two attached hydrogens (primary N) is 1. The van der Waals surface area contributed by atoms with Crippen LogP contribution in [-0.2, 0) is 30.4 Å². The molecule has 0 heterocycles. The highest BCUT2D eigenvalue weighted by Gasteiger charge is 2.32. The van der Waals surface area contributed by atoms with Gasteiger partial charge in [0.25, 0.3) is 0 Å². The van der Waals surface area contributed by atoms with E-state index in [0.29, 0.717) is 0 Å². The van der Waals surface area contributed by atoms with Crippen molar-refractivity contribution in [3.8, 4) is 0 Å². The van der Waals surface area contributed by atoms with Crippen LogP contribution in [0.1, 0.15) is 52.5 Å². The van der Waals surface area contributed by atoms with E-state index in [1.807, 2.05) is 13.8 Å². The summed E-state index contributed by atoms with van der Waals surface area (Å²) < 4.78 is 0. The number of aliphatic carboxylic acids is 2. The summed E-state index contributed by atoms with van der Waals surface area (Å²) >= 11 is 0. The number of carboxylic acids is 2. The van der Waals surface area contributed by atoms with Crippen LogP contribution < -0.4 is 21.7 Å². The molecule has 3 amide bonds. The maximum atomic E-state index is 13.2. The Morgan fingerprint density at radius 2 is 1.42 bits per heavy atom. The van der Waals surface area contributed by atoms with E-state index in [4.69, 9.17) is 10.8 Å². The van der Waals surface area contributed by atoms with E-state index in [2.05, 4.69) is 16.0 Å². The fourth-order valence-corrected chi connectivity index (χ4v) is 3.49. The Morgan fingerprint density at radius 1 is 0.833 bits per heavy atom. The lowest BCUT2D eigenvalue weighted by atomic mass is 9.99. The first-order valence-corrected chi connectivity index (χ1v) is 12.0. The third kappa shape index (κ3) is 10.9. The summed E-state index contributed by atoms with van der Waals surface area (Å²) in [6.45, 7) is 7.07. The van der Waals surface area contributed by atoms with Crippen LogP contribution in [0.25, 0.3) is 0 Å². The summed E-state index contributed by atoms with van der Waals surface area (Å²) in [6, 6.07) is 4.51. The first-order chi connectivity index (χ1) is 16.8. The van der Waals surface area contributed by atoms with Crippen LogP contribution in [0.2, 0.25) is 0 Å². The fourth-order valence-electron chi connectivity index (χ4n) is 3.49. The molecule has 0 aliphatic rings. The van der Waals surface area contributed by atoms with Gasteiger partial charge in [-0.25, -0.2) is 4.79 Å². The predicted molar refractivity (Wildman–Crippen MR) is 133 cm³/mol. The van der Waals surface area contributed by atoms with Gasteiger partial charge in [0, 0.05) is 12.8 Å². The maximum absolute atomic E-state index is 13.2. The second-order valence-corrected chi connectivity index (χ2v) is 9.55. The zero-order valence-corrected chi connectivity index (χ0v) is 21.2. The Hall–Kier alpha value is -3.47. The van der Waals surface area contributed by atoms with Crippen molar-refractivity contribution in [3.05, 3.63) is 35.9 Å². The van der Waals surface area contributed by atoms with Crippen LogP contribution in [-0.4, -0.2) is 64.0 Å². The molecule has 0 bridgehead atoms. The smallest absolute Gasteiger partial charge is 0.326 e. The van der Waals surface area contributed by atoms with Crippen LogP contribution in [0.4, 0.5) is 0 Å². The highest BCUT2D eigenvalue weighted by atomic mass is 16.4. The van der Waals surface area contributed by atoms with Crippen LogP contribution in [0, 0.1) is 11.8 Å². The third-order valence-electron chi connectivity index (χ3n) is 5.49. The number of carbonyl (C=O) groups excluding carboxylic acids is 3. The molecule has 200 valence electrons. The van der Waals surface area contributed by atoms with Gasteiger partial charge in [-0.15, -0.1) is 0 Å². The van der Waals surface area contributed by atoms with Crippen molar-refractivity contribution in [3.63, 3.8) is 0 Å². The van der Waals surface area contributed by atoms with Crippen molar-refractivity contribution in [1.29, 1.82) is 0 Å². The van der Waals surface area contributed by atoms with Gasteiger partial charge in [-0.05, 0) is 30.2 Å². The van der Waals surface area contributed by atoms with E-state index in [1.54, 1.807) is 44.2 Å². The minimum atomic E-state index is -1.18. The van der Waals surface area contributed by atoms with Crippen molar-refractivity contribution in [2.45, 2.75) is 77.5 Å². The van der Waals surface area contributed by atoms with Crippen molar-refractivity contribution >= 4 is 29.7 Å². The SMILES string of the molecule is CC(C)CC(NC(=O)C(Cc1ccccc1)NC(=O)C(NC(=O)C(N)CCC(=O)O)C(C)C)C(=O)O. The number of carbonyl (C=O) groups is 5. The largest absolute Gasteiger partial charge is 0.481 e. The highest BCUT2D eigenvalue weighted by Crippen LogP contribution is 2.10. The fraction of sp³-hybridized carbons (Fsp3) is 0.560. The molecular formula is C25H38N4O7. The maximum Gasteiger partial charge on any atom is 0.326 e. The molecular weight excluding hydrogens is 468 g/mol. The van der Waals surface area contributed by atoms with E-state index in [9.17, 15) is 29.1 Å². The predicted octanol–water partition coefficient (Wildman–Crippen LogP) is 0.662. The second-order valence-electron chi connectivity index (χ2n) is 9.55. The van der Waals surface area contributed by atoms with Gasteiger partial charge in [-0.2, -0.15) is 0 Å². The number of rotatable bonds is 15. The number of hydrogen-bond donors (Lipinski definition) is 6. The van der Waals surface area contributed by atoms with Gasteiger partial charge in [0.15, 0.2) is 0 Å². The Labute approximate surface area is 211 Å². The third-order valence-corrected chi connectivity index (χ3v) is 5.49. The summed E-state index contributed by atoms with van der Waals surface area (Å²) in [5.41, 5.74) is 6.51. The van der Waals surface area contributed by atoms with Crippen LogP contribution in [0.3, 0.4) is 0 Å². The Balaban J connectivity index is 3.06. The first kappa shape index (κ1) is 30.6. The Morgan fingerprint density at radius 3 is 1.92 bits per heavy atom. The number of amides is 3. The molecule has 0 fully saturated rings. The molecule has 0 aliphatic carbocycles. The van der Waals surface area contributed by atoms with E-state index in [0.717, 1.165) is 5.56 Å². The summed E-state index contributed by atoms with van der Waals surface area (Å²) in [5.74, 6) is -4.62. The van der Waals surface area contributed by atoms with Crippen LogP contribution >= 0.6 is 0 Å². The molecule has 1 aromatic carbocycles. The van der Waals surface area contributed by atoms with E-state index < -0.39 is 53.8 Å². The van der Waals surface area contributed by atoms with E-state index in [1.165, 1.54) is 0 Å². The van der Waals surface area contributed by atoms with Crippen LogP contribution in [0.15, 0.2) is 30.3 Å². The van der Waals surface area contributed by atoms with Gasteiger partial charge in [0.1, 0.15) is 18.1 Å². The van der Waals surface area contributed by atoms with E-state index in [-0.39, 0.29) is 37.5 Å². The first-order valence-electron chi connectivity index (χ1n) is 12.0. The minimum Gasteiger partial charge on any atom is -0.481 e. The quantitative estimate of drug-likeness (QED) is 0.200. The molecule has 11 nitrogen and oxygen atoms in total. The molecule has 4 atom stereocenters.